The molecule has 0 bridgehead atoms. The van der Waals surface area contributed by atoms with Gasteiger partial charge in [0.1, 0.15) is 12.4 Å². The van der Waals surface area contributed by atoms with E-state index in [-0.39, 0.29) is 1.43 Å². The topological polar surface area (TPSA) is 15.7 Å². The van der Waals surface area contributed by atoms with Crippen molar-refractivity contribution in [1.82, 2.24) is 9.80 Å². The van der Waals surface area contributed by atoms with Crippen LogP contribution in [0.25, 0.3) is 0 Å². The summed E-state index contributed by atoms with van der Waals surface area (Å²) in [7, 11) is 0. The van der Waals surface area contributed by atoms with Crippen LogP contribution in [-0.2, 0) is 0 Å². The third-order valence-electron chi connectivity index (χ3n) is 6.23. The van der Waals surface area contributed by atoms with Gasteiger partial charge in [-0.2, -0.15) is 0 Å². The highest BCUT2D eigenvalue weighted by Crippen LogP contribution is 2.39. The van der Waals surface area contributed by atoms with Crippen LogP contribution >= 0.6 is 0 Å². The van der Waals surface area contributed by atoms with E-state index in [9.17, 15) is 0 Å². The summed E-state index contributed by atoms with van der Waals surface area (Å²) in [6.45, 7) is 5.68. The van der Waals surface area contributed by atoms with Crippen molar-refractivity contribution >= 4 is 0 Å². The summed E-state index contributed by atoms with van der Waals surface area (Å²) in [6, 6.07) is 10.5. The molecule has 0 aliphatic carbocycles. The molecule has 0 aromatic heterocycles. The Hall–Kier alpha value is -1.06. The van der Waals surface area contributed by atoms with Crippen LogP contribution < -0.4 is 4.74 Å². The van der Waals surface area contributed by atoms with E-state index in [0.717, 1.165) is 24.9 Å². The second kappa shape index (κ2) is 7.88. The Morgan fingerprint density at radius 2 is 1.67 bits per heavy atom. The summed E-state index contributed by atoms with van der Waals surface area (Å²) in [6.07, 6.45) is 11.0. The van der Waals surface area contributed by atoms with E-state index < -0.39 is 0 Å². The van der Waals surface area contributed by atoms with Crippen LogP contribution in [0.3, 0.4) is 0 Å². The smallest absolute Gasteiger partial charge is 0.119 e. The molecule has 3 saturated heterocycles. The van der Waals surface area contributed by atoms with Crippen LogP contribution in [0.4, 0.5) is 0 Å². The molecule has 24 heavy (non-hydrogen) atoms. The molecule has 3 heterocycles. The van der Waals surface area contributed by atoms with Crippen molar-refractivity contribution in [2.75, 3.05) is 32.8 Å². The largest absolute Gasteiger partial charge is 0.492 e. The zero-order valence-electron chi connectivity index (χ0n) is 15.0. The molecule has 0 spiro atoms. The van der Waals surface area contributed by atoms with Crippen molar-refractivity contribution in [3.05, 3.63) is 29.8 Å². The number of likely N-dealkylation sites (tertiary alicyclic amines) is 1. The molecule has 134 valence electrons. The van der Waals surface area contributed by atoms with Gasteiger partial charge in [-0.25, -0.2) is 0 Å². The van der Waals surface area contributed by atoms with Gasteiger partial charge in [-0.15, -0.1) is 0 Å². The molecule has 3 aliphatic heterocycles. The number of nitrogens with zero attached hydrogens (tertiary/aromatic N) is 2. The van der Waals surface area contributed by atoms with Gasteiger partial charge in [0, 0.05) is 20.1 Å². The predicted molar refractivity (Wildman–Crippen MR) is 101 cm³/mol. The van der Waals surface area contributed by atoms with Crippen LogP contribution in [0.2, 0.25) is 0 Å². The number of piperidine rings is 2. The van der Waals surface area contributed by atoms with Crippen molar-refractivity contribution in [2.24, 2.45) is 0 Å². The number of rotatable bonds is 5. The lowest BCUT2D eigenvalue weighted by atomic mass is 9.92. The molecule has 3 aliphatic rings. The van der Waals surface area contributed by atoms with Crippen LogP contribution in [0, 0.1) is 0 Å². The van der Waals surface area contributed by atoms with Crippen LogP contribution in [-0.4, -0.2) is 48.6 Å². The normalized spacial score (nSPS) is 28.7. The van der Waals surface area contributed by atoms with Gasteiger partial charge in [0.25, 0.3) is 0 Å². The van der Waals surface area contributed by atoms with Gasteiger partial charge in [-0.1, -0.05) is 18.6 Å². The molecule has 1 aromatic rings. The summed E-state index contributed by atoms with van der Waals surface area (Å²) < 4.78 is 5.98. The fourth-order valence-electron chi connectivity index (χ4n) is 4.91. The van der Waals surface area contributed by atoms with Gasteiger partial charge in [0.05, 0.1) is 0 Å². The summed E-state index contributed by atoms with van der Waals surface area (Å²) >= 11 is 0. The second-order valence-corrected chi connectivity index (χ2v) is 7.80. The highest BCUT2D eigenvalue weighted by atomic mass is 16.5. The highest BCUT2D eigenvalue weighted by molar-refractivity contribution is 5.29. The lowest BCUT2D eigenvalue weighted by Crippen LogP contribution is -2.37. The van der Waals surface area contributed by atoms with E-state index in [1.54, 1.807) is 0 Å². The van der Waals surface area contributed by atoms with Gasteiger partial charge < -0.3 is 4.74 Å². The summed E-state index contributed by atoms with van der Waals surface area (Å²) in [4.78, 5) is 5.29. The number of benzene rings is 1. The van der Waals surface area contributed by atoms with Crippen molar-refractivity contribution in [2.45, 2.75) is 63.5 Å². The lowest BCUT2D eigenvalue weighted by Gasteiger charge is -2.38. The number of fused-ring (bicyclic) bond motifs is 1. The van der Waals surface area contributed by atoms with Crippen molar-refractivity contribution < 1.29 is 6.16 Å². The van der Waals surface area contributed by atoms with E-state index in [1.165, 1.54) is 76.6 Å². The average Bonchev–Trinajstić information content (AvgIpc) is 3.12. The Bertz CT molecular complexity index is 515. The Balaban J connectivity index is 0.00000182. The molecular formula is C21H34N2O. The molecule has 3 heteroatoms. The predicted octanol–water partition coefficient (Wildman–Crippen LogP) is 4.49. The van der Waals surface area contributed by atoms with Gasteiger partial charge in [-0.05, 0) is 82.3 Å². The minimum absolute atomic E-state index is 0. The molecule has 0 saturated carbocycles. The molecule has 4 rings (SSSR count). The average molecular weight is 331 g/mol. The van der Waals surface area contributed by atoms with Crippen molar-refractivity contribution in [1.29, 1.82) is 0 Å². The summed E-state index contributed by atoms with van der Waals surface area (Å²) in [5.74, 6) is 1.03. The zero-order chi connectivity index (χ0) is 16.2. The molecular weight excluding hydrogens is 296 g/mol. The van der Waals surface area contributed by atoms with Gasteiger partial charge in [0.2, 0.25) is 0 Å². The first-order valence-electron chi connectivity index (χ1n) is 10.1. The Kier molecular flexibility index (Phi) is 5.39. The van der Waals surface area contributed by atoms with E-state index in [2.05, 4.69) is 34.1 Å². The van der Waals surface area contributed by atoms with Gasteiger partial charge in [-0.3, -0.25) is 9.80 Å². The number of hydrogen-bond donors (Lipinski definition) is 0. The molecule has 1 aromatic carbocycles. The molecule has 3 nitrogen and oxygen atoms in total. The molecule has 0 amide bonds. The fraction of sp³-hybridized carbons (Fsp3) is 0.714. The summed E-state index contributed by atoms with van der Waals surface area (Å²) in [5.41, 5.74) is 1.49. The van der Waals surface area contributed by atoms with Crippen molar-refractivity contribution in [3.8, 4) is 5.75 Å². The monoisotopic (exact) mass is 330 g/mol. The lowest BCUT2D eigenvalue weighted by molar-refractivity contribution is 0.123. The molecule has 0 unspecified atom stereocenters. The van der Waals surface area contributed by atoms with E-state index in [4.69, 9.17) is 4.74 Å². The minimum Gasteiger partial charge on any atom is -0.492 e. The van der Waals surface area contributed by atoms with Crippen LogP contribution in [0.5, 0.6) is 5.75 Å². The highest BCUT2D eigenvalue weighted by Gasteiger charge is 2.34. The maximum atomic E-state index is 5.98. The SMILES string of the molecule is [HH].c1cc([C@@H]2CCC[C@@H]3CCCN32)ccc1OCCN1CCCCC1. The molecule has 2 atom stereocenters. The second-order valence-electron chi connectivity index (χ2n) is 7.80. The Labute approximate surface area is 148 Å². The fourth-order valence-corrected chi connectivity index (χ4v) is 4.91. The molecule has 0 N–H and O–H groups in total. The van der Waals surface area contributed by atoms with Crippen LogP contribution in [0.1, 0.15) is 64.4 Å². The quantitative estimate of drug-likeness (QED) is 0.791. The zero-order valence-corrected chi connectivity index (χ0v) is 15.0. The Morgan fingerprint density at radius 1 is 0.875 bits per heavy atom. The summed E-state index contributed by atoms with van der Waals surface area (Å²) in [5, 5.41) is 0. The Morgan fingerprint density at radius 3 is 2.50 bits per heavy atom. The standard InChI is InChI=1S/C21H32N2O.H2/c1-2-13-22(14-3-1)16-17-24-20-11-9-18(10-12-20)21-8-4-6-19-7-5-15-23(19)21;/h9-12,19,21H,1-8,13-17H2;1H/t19-,21+;/m1./s1. The van der Waals surface area contributed by atoms with E-state index in [0.29, 0.717) is 6.04 Å². The minimum atomic E-state index is 0. The maximum absolute atomic E-state index is 5.98. The van der Waals surface area contributed by atoms with Gasteiger partial charge >= 0.3 is 0 Å². The third kappa shape index (κ3) is 3.78. The number of ether oxygens (including phenoxy) is 1. The van der Waals surface area contributed by atoms with Gasteiger partial charge in [0.15, 0.2) is 0 Å². The van der Waals surface area contributed by atoms with E-state index in [1.807, 2.05) is 0 Å². The van der Waals surface area contributed by atoms with Crippen LogP contribution in [0.15, 0.2) is 24.3 Å². The number of hydrogen-bond acceptors (Lipinski definition) is 3. The third-order valence-corrected chi connectivity index (χ3v) is 6.23. The van der Waals surface area contributed by atoms with Crippen molar-refractivity contribution in [3.63, 3.8) is 0 Å². The van der Waals surface area contributed by atoms with E-state index >= 15 is 0 Å². The first-order chi connectivity index (χ1) is 11.9. The first kappa shape index (κ1) is 16.4. The molecule has 3 fully saturated rings. The molecule has 0 radical (unpaired) electrons. The first-order valence-corrected chi connectivity index (χ1v) is 10.1. The maximum Gasteiger partial charge on any atom is 0.119 e.